The highest BCUT2D eigenvalue weighted by molar-refractivity contribution is 7.98. The van der Waals surface area contributed by atoms with Crippen LogP contribution >= 0.6 is 23.5 Å². The number of imidazole rings is 1. The third-order valence-electron chi connectivity index (χ3n) is 18.0. The molecule has 28 nitrogen and oxygen atoms in total. The number of phenolic OH excluding ortho intramolecular Hbond substituents is 2. The normalized spacial score (nSPS) is 22.4. The van der Waals surface area contributed by atoms with Crippen LogP contribution in [0, 0.1) is 11.6 Å². The molecule has 2 aliphatic heterocycles. The number of rotatable bonds is 13. The Morgan fingerprint density at radius 3 is 1.68 bits per heavy atom. The SMILES string of the molecule is C[C@@]12CCCN1C(=O)[C@H](Cc1ccc(O)cc1)NC(=O)[C@H](Cc1cnc[nH]1)NC(=O)[C@H](CC(=O)O)NC(=O)[C@H](Cc1c[nH]c3ccc(F)cc13)NC(=O)[C@H](Cc1c[nH]c3ccc(F)cc13)NC(=O)CNC(=O)[C@H](Cc1ccc(O)cc1)NC(=O)CCSCc1cccc(c1)CSC[C@H](C(N)=O)NC2=O. The second-order valence-corrected chi connectivity index (χ2v) is 27.8. The smallest absolute Gasteiger partial charge is 0.305 e. The number of hydrogen-bond acceptors (Lipinski definition) is 16. The maximum atomic E-state index is 15.2. The average molecular weight is 1470 g/mol. The van der Waals surface area contributed by atoms with Gasteiger partial charge in [-0.1, -0.05) is 48.5 Å². The van der Waals surface area contributed by atoms with E-state index < -0.39 is 150 Å². The summed E-state index contributed by atoms with van der Waals surface area (Å²) >= 11 is 2.75. The molecule has 0 spiro atoms. The highest BCUT2D eigenvalue weighted by Crippen LogP contribution is 2.32. The van der Waals surface area contributed by atoms with Crippen molar-refractivity contribution in [3.63, 3.8) is 0 Å². The van der Waals surface area contributed by atoms with Crippen LogP contribution in [-0.2, 0) is 96.3 Å². The number of hydrogen-bond donors (Lipinski definition) is 15. The van der Waals surface area contributed by atoms with Gasteiger partial charge in [0.25, 0.3) is 0 Å². The zero-order valence-electron chi connectivity index (χ0n) is 56.2. The zero-order chi connectivity index (χ0) is 74.2. The first kappa shape index (κ1) is 75.4. The topological polar surface area (TPSA) is 434 Å². The fraction of sp³-hybridized carbons (Fsp3) is 0.333. The van der Waals surface area contributed by atoms with Crippen molar-refractivity contribution in [2.24, 2.45) is 5.73 Å². The Hall–Kier alpha value is -11.3. The number of aromatic hydroxyl groups is 2. The summed E-state index contributed by atoms with van der Waals surface area (Å²) in [5.41, 5.74) is 8.60. The van der Waals surface area contributed by atoms with Crippen LogP contribution in [0.15, 0.2) is 134 Å². The van der Waals surface area contributed by atoms with Crippen LogP contribution in [0.25, 0.3) is 21.8 Å². The quantitative estimate of drug-likeness (QED) is 0.0789. The molecule has 2 bridgehead atoms. The number of carboxylic acid groups (broad SMARTS) is 1. The van der Waals surface area contributed by atoms with E-state index in [0.717, 1.165) is 17.2 Å². The summed E-state index contributed by atoms with van der Waals surface area (Å²) in [6.45, 7) is 0.723. The number of nitrogens with zero attached hydrogens (tertiary/aromatic N) is 2. The third kappa shape index (κ3) is 20.1. The predicted molar refractivity (Wildman–Crippen MR) is 381 cm³/mol. The summed E-state index contributed by atoms with van der Waals surface area (Å²) in [4.78, 5) is 172. The lowest BCUT2D eigenvalue weighted by Crippen LogP contribution is -2.63. The lowest BCUT2D eigenvalue weighted by molar-refractivity contribution is -0.147. The Morgan fingerprint density at radius 1 is 0.596 bits per heavy atom. The molecule has 0 radical (unpaired) electrons. The molecule has 8 atom stereocenters. The van der Waals surface area contributed by atoms with Crippen molar-refractivity contribution in [2.75, 3.05) is 24.6 Å². The first-order valence-corrected chi connectivity index (χ1v) is 35.6. The van der Waals surface area contributed by atoms with Crippen LogP contribution < -0.4 is 48.3 Å². The molecule has 5 heterocycles. The Kier molecular flexibility index (Phi) is 25.1. The Morgan fingerprint density at radius 2 is 1.12 bits per heavy atom. The van der Waals surface area contributed by atoms with Crippen molar-refractivity contribution in [1.82, 2.24) is 67.4 Å². The van der Waals surface area contributed by atoms with Crippen LogP contribution in [0.3, 0.4) is 0 Å². The van der Waals surface area contributed by atoms with E-state index in [-0.39, 0.29) is 72.5 Å². The number of carbonyl (C=O) groups excluding carboxylic acids is 10. The number of primary amides is 1. The number of H-pyrrole nitrogens is 3. The van der Waals surface area contributed by atoms with Gasteiger partial charge in [0.1, 0.15) is 71.0 Å². The number of benzene rings is 5. The first-order valence-electron chi connectivity index (χ1n) is 33.3. The molecule has 8 aromatic rings. The summed E-state index contributed by atoms with van der Waals surface area (Å²) in [6, 6.07) is 15.5. The summed E-state index contributed by atoms with van der Waals surface area (Å²) < 4.78 is 29.9. The second-order valence-electron chi connectivity index (χ2n) is 25.7. The predicted octanol–water partition coefficient (Wildman–Crippen LogP) is 3.00. The fourth-order valence-corrected chi connectivity index (χ4v) is 14.4. The van der Waals surface area contributed by atoms with Crippen molar-refractivity contribution in [3.8, 4) is 11.5 Å². The standard InChI is InChI=1S/C72H78F2N14O14S2/c1-72-19-3-20-88(72)70(101)59(24-40-8-14-49(90)15-9-40)86-68(99)57(29-47-33-76-38-80-47)84-69(100)58(30-63(93)94)85-67(98)56(26-44-32-78-53-17-11-46(74)28-51(44)53)83-66(97)55(25-43-31-77-52-16-10-45(73)27-50(43)52)82-62(92)34-79-65(96)54(23-39-6-12-48(89)13-7-39)81-61(91)18-21-103-35-41-4-2-5-42(22-41)36-104-37-60(64(75)95)87-71(72)102/h2,4-17,22,27-28,31-33,38,54-60,77-78,89-90H,3,18-21,23-26,29-30,34-37H2,1H3,(H2,75,95)(H,76,80)(H,79,96)(H,81,91)(H,82,92)(H,83,97)(H,84,100)(H,85,98)(H,86,99)(H,87,102)(H,93,94)/t54-,55-,56-,57-,58-,59-,60+,72-/m0/s1. The molecule has 10 amide bonds. The molecule has 5 aromatic carbocycles. The number of thioether (sulfide) groups is 2. The van der Waals surface area contributed by atoms with Gasteiger partial charge in [0.2, 0.25) is 59.1 Å². The van der Waals surface area contributed by atoms with Gasteiger partial charge in [0.15, 0.2) is 0 Å². The number of aromatic amines is 3. The third-order valence-corrected chi connectivity index (χ3v) is 20.1. The van der Waals surface area contributed by atoms with E-state index in [2.05, 4.69) is 62.5 Å². The molecule has 3 aromatic heterocycles. The highest BCUT2D eigenvalue weighted by atomic mass is 32.2. The van der Waals surface area contributed by atoms with Crippen molar-refractivity contribution < 1.29 is 76.8 Å². The van der Waals surface area contributed by atoms with Gasteiger partial charge < -0.3 is 83.4 Å². The zero-order valence-corrected chi connectivity index (χ0v) is 57.9. The molecule has 10 rings (SSSR count). The number of carboxylic acids is 1. The Labute approximate surface area is 602 Å². The molecule has 32 heteroatoms. The number of carbonyl (C=O) groups is 11. The van der Waals surface area contributed by atoms with Crippen LogP contribution in [0.2, 0.25) is 0 Å². The van der Waals surface area contributed by atoms with Gasteiger partial charge in [-0.05, 0) is 114 Å². The minimum atomic E-state index is -2.06. The van der Waals surface area contributed by atoms with Crippen LogP contribution in [-0.4, -0.2) is 178 Å². The molecule has 2 aliphatic rings. The van der Waals surface area contributed by atoms with E-state index in [1.54, 1.807) is 12.1 Å². The van der Waals surface area contributed by atoms with Gasteiger partial charge in [-0.15, -0.1) is 0 Å². The number of aromatic nitrogens is 4. The number of amides is 10. The van der Waals surface area contributed by atoms with E-state index in [0.29, 0.717) is 56.8 Å². The summed E-state index contributed by atoms with van der Waals surface area (Å²) in [7, 11) is 0. The lowest BCUT2D eigenvalue weighted by Gasteiger charge is -2.37. The van der Waals surface area contributed by atoms with Gasteiger partial charge in [0, 0.05) is 114 Å². The van der Waals surface area contributed by atoms with Crippen LogP contribution in [0.4, 0.5) is 8.78 Å². The van der Waals surface area contributed by atoms with Gasteiger partial charge in [0.05, 0.1) is 19.3 Å². The molecule has 0 saturated carbocycles. The monoisotopic (exact) mass is 1460 g/mol. The van der Waals surface area contributed by atoms with Crippen LogP contribution in [0.5, 0.6) is 11.5 Å². The number of aliphatic carboxylic acids is 1. The van der Waals surface area contributed by atoms with Crippen molar-refractivity contribution in [1.29, 1.82) is 0 Å². The number of nitrogens with one attached hydrogen (secondary N) is 11. The molecular formula is C72H78F2N14O14S2. The number of phenols is 2. The number of nitrogens with two attached hydrogens (primary N) is 1. The van der Waals surface area contributed by atoms with Gasteiger partial charge in [-0.3, -0.25) is 52.7 Å². The first-order chi connectivity index (χ1) is 49.8. The lowest BCUT2D eigenvalue weighted by atomic mass is 9.95. The summed E-state index contributed by atoms with van der Waals surface area (Å²) in [5.74, 6) is -11.2. The molecular weight excluding hydrogens is 1390 g/mol. The summed E-state index contributed by atoms with van der Waals surface area (Å²) in [5, 5.41) is 52.1. The van der Waals surface area contributed by atoms with Gasteiger partial charge >= 0.3 is 5.97 Å². The van der Waals surface area contributed by atoms with Gasteiger partial charge in [-0.25, -0.2) is 13.8 Å². The Balaban J connectivity index is 0.989. The Bertz CT molecular complexity index is 4480. The second kappa shape index (κ2) is 34.6. The molecule has 1 fully saturated rings. The molecule has 16 N–H and O–H groups in total. The molecule has 546 valence electrons. The van der Waals surface area contributed by atoms with E-state index in [4.69, 9.17) is 5.73 Å². The van der Waals surface area contributed by atoms with E-state index in [9.17, 15) is 57.7 Å². The van der Waals surface area contributed by atoms with Crippen molar-refractivity contribution in [3.05, 3.63) is 185 Å². The minimum absolute atomic E-state index is 0.00762. The average Bonchev–Trinajstić information content (AvgIpc) is 1.51. The maximum absolute atomic E-state index is 15.2. The maximum Gasteiger partial charge on any atom is 0.305 e. The molecule has 0 unspecified atom stereocenters. The fourth-order valence-electron chi connectivity index (χ4n) is 12.5. The summed E-state index contributed by atoms with van der Waals surface area (Å²) in [6.07, 6.45) is 3.09. The molecule has 1 saturated heterocycles. The van der Waals surface area contributed by atoms with E-state index >= 15 is 19.2 Å². The minimum Gasteiger partial charge on any atom is -0.508 e. The number of fused-ring (bicyclic) bond motifs is 5. The molecule has 0 aliphatic carbocycles. The molecule has 104 heavy (non-hydrogen) atoms. The van der Waals surface area contributed by atoms with Gasteiger partial charge in [-0.2, -0.15) is 23.5 Å². The van der Waals surface area contributed by atoms with Crippen molar-refractivity contribution in [2.45, 2.75) is 124 Å². The van der Waals surface area contributed by atoms with E-state index in [1.165, 1.54) is 127 Å². The number of halogens is 2. The highest BCUT2D eigenvalue weighted by Gasteiger charge is 2.49. The van der Waals surface area contributed by atoms with Crippen LogP contribution in [0.1, 0.15) is 71.7 Å². The van der Waals surface area contributed by atoms with E-state index in [1.807, 2.05) is 24.3 Å². The largest absolute Gasteiger partial charge is 0.508 e. The van der Waals surface area contributed by atoms with Crippen molar-refractivity contribution >= 4 is 110 Å².